The first kappa shape index (κ1) is 20.8. The van der Waals surface area contributed by atoms with Crippen molar-refractivity contribution >= 4 is 17.3 Å². The van der Waals surface area contributed by atoms with Crippen LogP contribution in [0.15, 0.2) is 30.7 Å². The van der Waals surface area contributed by atoms with Gasteiger partial charge in [0.05, 0.1) is 22.9 Å². The van der Waals surface area contributed by atoms with E-state index in [0.29, 0.717) is 24.4 Å². The predicted molar refractivity (Wildman–Crippen MR) is 109 cm³/mol. The highest BCUT2D eigenvalue weighted by atomic mass is 35.5. The molecule has 2 aliphatic carbocycles. The number of aliphatic hydroxyl groups excluding tert-OH is 1. The lowest BCUT2D eigenvalue weighted by Gasteiger charge is -2.61. The van der Waals surface area contributed by atoms with Crippen LogP contribution in [0.2, 0.25) is 5.02 Å². The lowest BCUT2D eigenvalue weighted by molar-refractivity contribution is -0.141. The second kappa shape index (κ2) is 7.52. The first-order valence-corrected chi connectivity index (χ1v) is 10.9. The van der Waals surface area contributed by atoms with Gasteiger partial charge in [0.1, 0.15) is 5.75 Å². The fourth-order valence-corrected chi connectivity index (χ4v) is 5.15. The maximum absolute atomic E-state index is 13.3. The third-order valence-corrected chi connectivity index (χ3v) is 7.01. The fourth-order valence-electron chi connectivity index (χ4n) is 5.00. The molecule has 3 fully saturated rings. The molecule has 1 spiro atoms. The summed E-state index contributed by atoms with van der Waals surface area (Å²) in [6.45, 7) is 1.000. The SMILES string of the molecule is OC(c1cnccc1OC1CCC1)C1CC2(C1)CN(c1cc(Cl)cnc1C(F)(F)F)C2. The molecular weight excluding hydrogens is 431 g/mol. The lowest BCUT2D eigenvalue weighted by atomic mass is 9.55. The number of aliphatic hydroxyl groups is 1. The van der Waals surface area contributed by atoms with Gasteiger partial charge in [-0.05, 0) is 50.2 Å². The van der Waals surface area contributed by atoms with Crippen LogP contribution in [0.3, 0.4) is 0 Å². The summed E-state index contributed by atoms with van der Waals surface area (Å²) in [7, 11) is 0. The lowest BCUT2D eigenvalue weighted by Crippen LogP contribution is -2.63. The van der Waals surface area contributed by atoms with Crippen molar-refractivity contribution < 1.29 is 23.0 Å². The monoisotopic (exact) mass is 453 g/mol. The van der Waals surface area contributed by atoms with E-state index in [0.717, 1.165) is 38.3 Å². The molecule has 1 saturated heterocycles. The van der Waals surface area contributed by atoms with Gasteiger partial charge < -0.3 is 14.7 Å². The van der Waals surface area contributed by atoms with E-state index in [4.69, 9.17) is 16.3 Å². The van der Waals surface area contributed by atoms with Gasteiger partial charge in [0, 0.05) is 42.7 Å². The van der Waals surface area contributed by atoms with Gasteiger partial charge in [-0.1, -0.05) is 11.6 Å². The maximum Gasteiger partial charge on any atom is 0.435 e. The number of halogens is 4. The molecule has 166 valence electrons. The zero-order valence-corrected chi connectivity index (χ0v) is 17.5. The number of ether oxygens (including phenoxy) is 1. The van der Waals surface area contributed by atoms with Crippen LogP contribution < -0.4 is 9.64 Å². The Balaban J connectivity index is 1.24. The summed E-state index contributed by atoms with van der Waals surface area (Å²) in [6.07, 6.45) is 4.03. The summed E-state index contributed by atoms with van der Waals surface area (Å²) >= 11 is 5.90. The second-order valence-corrected chi connectivity index (χ2v) is 9.51. The van der Waals surface area contributed by atoms with Crippen molar-refractivity contribution in [1.82, 2.24) is 9.97 Å². The molecule has 1 unspecified atom stereocenters. The number of rotatable bonds is 5. The van der Waals surface area contributed by atoms with Crippen LogP contribution in [0.5, 0.6) is 5.75 Å². The molecule has 9 heteroatoms. The molecule has 31 heavy (non-hydrogen) atoms. The zero-order chi connectivity index (χ0) is 21.8. The number of nitrogens with zero attached hydrogens (tertiary/aromatic N) is 3. The average molecular weight is 454 g/mol. The summed E-state index contributed by atoms with van der Waals surface area (Å²) < 4.78 is 46.0. The van der Waals surface area contributed by atoms with E-state index in [1.807, 2.05) is 0 Å². The molecule has 0 radical (unpaired) electrons. The molecule has 2 aromatic heterocycles. The molecule has 0 bridgehead atoms. The normalized spacial score (nSPS) is 21.9. The van der Waals surface area contributed by atoms with Crippen LogP contribution in [0.1, 0.15) is 49.5 Å². The minimum Gasteiger partial charge on any atom is -0.490 e. The molecule has 1 aliphatic heterocycles. The third kappa shape index (κ3) is 3.84. The number of pyridine rings is 2. The molecule has 2 aromatic rings. The molecular formula is C22H23ClF3N3O2. The molecule has 5 rings (SSSR count). The summed E-state index contributed by atoms with van der Waals surface area (Å²) in [5.74, 6) is 0.720. The Bertz CT molecular complexity index is 969. The topological polar surface area (TPSA) is 58.5 Å². The van der Waals surface area contributed by atoms with Crippen molar-refractivity contribution in [2.45, 2.75) is 50.5 Å². The number of aromatic nitrogens is 2. The largest absolute Gasteiger partial charge is 0.490 e. The molecule has 3 heterocycles. The fraction of sp³-hybridized carbons (Fsp3) is 0.545. The Labute approximate surface area is 183 Å². The maximum atomic E-state index is 13.3. The number of hydrogen-bond acceptors (Lipinski definition) is 5. The van der Waals surface area contributed by atoms with Gasteiger partial charge in [0.25, 0.3) is 0 Å². The first-order valence-electron chi connectivity index (χ1n) is 10.5. The minimum absolute atomic E-state index is 0.0260. The van der Waals surface area contributed by atoms with Gasteiger partial charge >= 0.3 is 6.18 Å². The van der Waals surface area contributed by atoms with Crippen LogP contribution in [0.25, 0.3) is 0 Å². The van der Waals surface area contributed by atoms with Crippen molar-refractivity contribution in [3.8, 4) is 5.75 Å². The second-order valence-electron chi connectivity index (χ2n) is 9.07. The van der Waals surface area contributed by atoms with Crippen LogP contribution in [-0.4, -0.2) is 34.3 Å². The van der Waals surface area contributed by atoms with Gasteiger partial charge in [-0.15, -0.1) is 0 Å². The Hall–Kier alpha value is -2.06. The van der Waals surface area contributed by atoms with Gasteiger partial charge in [0.2, 0.25) is 0 Å². The van der Waals surface area contributed by atoms with Crippen molar-refractivity contribution in [2.75, 3.05) is 18.0 Å². The molecule has 1 N–H and O–H groups in total. The van der Waals surface area contributed by atoms with Gasteiger partial charge in [-0.3, -0.25) is 4.98 Å². The highest BCUT2D eigenvalue weighted by Crippen LogP contribution is 2.57. The van der Waals surface area contributed by atoms with Crippen LogP contribution in [-0.2, 0) is 6.18 Å². The Morgan fingerprint density at radius 2 is 1.97 bits per heavy atom. The Morgan fingerprint density at radius 3 is 2.61 bits per heavy atom. The average Bonchev–Trinajstić information content (AvgIpc) is 2.61. The Morgan fingerprint density at radius 1 is 1.23 bits per heavy atom. The quantitative estimate of drug-likeness (QED) is 0.688. The number of hydrogen-bond donors (Lipinski definition) is 1. The van der Waals surface area contributed by atoms with Gasteiger partial charge in [-0.25, -0.2) is 4.98 Å². The van der Waals surface area contributed by atoms with E-state index in [1.165, 1.54) is 6.07 Å². The standard InChI is InChI=1S/C22H23ClF3N3O2/c23-14-6-17(20(28-9-14)22(24,25)26)29-11-21(12-29)7-13(8-21)19(30)16-10-27-5-4-18(16)31-15-2-1-3-15/h4-6,9-10,13,15,19,30H,1-3,7-8,11-12H2. The number of alkyl halides is 3. The minimum atomic E-state index is -4.53. The van der Waals surface area contributed by atoms with E-state index in [1.54, 1.807) is 23.4 Å². The van der Waals surface area contributed by atoms with Crippen molar-refractivity contribution in [1.29, 1.82) is 0 Å². The molecule has 1 atom stereocenters. The molecule has 0 amide bonds. The number of anilines is 1. The van der Waals surface area contributed by atoms with Crippen molar-refractivity contribution in [3.05, 3.63) is 47.0 Å². The van der Waals surface area contributed by atoms with Crippen molar-refractivity contribution in [2.24, 2.45) is 11.3 Å². The summed E-state index contributed by atoms with van der Waals surface area (Å²) in [4.78, 5) is 9.34. The van der Waals surface area contributed by atoms with E-state index in [2.05, 4.69) is 9.97 Å². The van der Waals surface area contributed by atoms with Crippen LogP contribution >= 0.6 is 11.6 Å². The first-order chi connectivity index (χ1) is 14.7. The highest BCUT2D eigenvalue weighted by Gasteiger charge is 2.55. The van der Waals surface area contributed by atoms with E-state index >= 15 is 0 Å². The van der Waals surface area contributed by atoms with E-state index in [-0.39, 0.29) is 28.1 Å². The van der Waals surface area contributed by atoms with E-state index < -0.39 is 18.0 Å². The highest BCUT2D eigenvalue weighted by molar-refractivity contribution is 6.30. The Kier molecular flexibility index (Phi) is 5.05. The molecule has 3 aliphatic rings. The molecule has 5 nitrogen and oxygen atoms in total. The summed E-state index contributed by atoms with van der Waals surface area (Å²) in [6, 6.07) is 3.12. The van der Waals surface area contributed by atoms with Gasteiger partial charge in [-0.2, -0.15) is 13.2 Å². The molecule has 2 saturated carbocycles. The van der Waals surface area contributed by atoms with Crippen molar-refractivity contribution in [3.63, 3.8) is 0 Å². The van der Waals surface area contributed by atoms with Crippen LogP contribution in [0, 0.1) is 11.3 Å². The van der Waals surface area contributed by atoms with Gasteiger partial charge in [0.15, 0.2) is 5.69 Å². The van der Waals surface area contributed by atoms with E-state index in [9.17, 15) is 18.3 Å². The smallest absolute Gasteiger partial charge is 0.435 e. The predicted octanol–water partition coefficient (Wildman–Crippen LogP) is 5.03. The zero-order valence-electron chi connectivity index (χ0n) is 16.8. The summed E-state index contributed by atoms with van der Waals surface area (Å²) in [5, 5.41) is 11.1. The summed E-state index contributed by atoms with van der Waals surface area (Å²) in [5.41, 5.74) is -0.258. The van der Waals surface area contributed by atoms with Crippen LogP contribution in [0.4, 0.5) is 18.9 Å². The third-order valence-electron chi connectivity index (χ3n) is 6.81. The molecule has 0 aromatic carbocycles.